The van der Waals surface area contributed by atoms with Crippen LogP contribution in [0.2, 0.25) is 0 Å². The van der Waals surface area contributed by atoms with Gasteiger partial charge >= 0.3 is 5.72 Å². The van der Waals surface area contributed by atoms with E-state index in [1.54, 1.807) is 25.3 Å². The van der Waals surface area contributed by atoms with Crippen molar-refractivity contribution in [3.05, 3.63) is 83.2 Å². The maximum atomic E-state index is 14.3. The second-order valence-electron chi connectivity index (χ2n) is 8.11. The molecule has 2 unspecified atom stereocenters. The van der Waals surface area contributed by atoms with E-state index in [1.165, 1.54) is 18.2 Å². The Bertz CT molecular complexity index is 1320. The number of nitrogens with one attached hydrogen (secondary N) is 1. The Morgan fingerprint density at radius 2 is 1.94 bits per heavy atom. The van der Waals surface area contributed by atoms with E-state index < -0.39 is 17.4 Å². The molecule has 1 N–H and O–H groups in total. The van der Waals surface area contributed by atoms with E-state index in [0.717, 1.165) is 22.6 Å². The van der Waals surface area contributed by atoms with Gasteiger partial charge in [0.05, 0.1) is 37.2 Å². The summed E-state index contributed by atoms with van der Waals surface area (Å²) in [5.41, 5.74) is 1.77. The zero-order chi connectivity index (χ0) is 22.7. The minimum Gasteiger partial charge on any atom is -0.497 e. The van der Waals surface area contributed by atoms with Gasteiger partial charge in [-0.05, 0) is 54.1 Å². The van der Waals surface area contributed by atoms with Gasteiger partial charge in [-0.25, -0.2) is 9.40 Å². The lowest BCUT2D eigenvalue weighted by molar-refractivity contribution is -0.161. The summed E-state index contributed by atoms with van der Waals surface area (Å²) in [6, 6.07) is 17.1. The van der Waals surface area contributed by atoms with E-state index in [1.807, 2.05) is 36.4 Å². The summed E-state index contributed by atoms with van der Waals surface area (Å²) in [5, 5.41) is 9.36. The maximum absolute atomic E-state index is 14.3. The zero-order valence-corrected chi connectivity index (χ0v) is 18.0. The van der Waals surface area contributed by atoms with Crippen LogP contribution >= 0.6 is 0 Å². The van der Waals surface area contributed by atoms with Crippen LogP contribution in [0.25, 0.3) is 0 Å². The topological polar surface area (TPSA) is 72.4 Å². The number of anilines is 1. The summed E-state index contributed by atoms with van der Waals surface area (Å²) >= 11 is 0. The fourth-order valence-electron chi connectivity index (χ4n) is 4.82. The minimum absolute atomic E-state index is 0.305. The first kappa shape index (κ1) is 19.6. The van der Waals surface area contributed by atoms with Gasteiger partial charge in [0.15, 0.2) is 11.5 Å². The number of hydrazone groups is 1. The summed E-state index contributed by atoms with van der Waals surface area (Å²) < 4.78 is 31.6. The zero-order valence-electron chi connectivity index (χ0n) is 18.0. The second-order valence-corrected chi connectivity index (χ2v) is 8.11. The van der Waals surface area contributed by atoms with E-state index in [9.17, 15) is 9.18 Å². The Balaban J connectivity index is 1.56. The average Bonchev–Trinajstić information content (AvgIpc) is 3.40. The quantitative estimate of drug-likeness (QED) is 0.655. The summed E-state index contributed by atoms with van der Waals surface area (Å²) in [4.78, 5) is 13.5. The lowest BCUT2D eigenvalue weighted by Crippen LogP contribution is -2.55. The molecule has 0 radical (unpaired) electrons. The van der Waals surface area contributed by atoms with Crippen LogP contribution in [0.4, 0.5) is 10.1 Å². The molecule has 0 aromatic heterocycles. The van der Waals surface area contributed by atoms with E-state index >= 15 is 0 Å². The van der Waals surface area contributed by atoms with Crippen molar-refractivity contribution in [3.63, 3.8) is 0 Å². The highest BCUT2D eigenvalue weighted by Gasteiger charge is 2.61. The summed E-state index contributed by atoms with van der Waals surface area (Å²) in [6.07, 6.45) is 0.537. The third-order valence-electron chi connectivity index (χ3n) is 6.40. The first-order valence-corrected chi connectivity index (χ1v) is 10.5. The van der Waals surface area contributed by atoms with Crippen molar-refractivity contribution in [2.24, 2.45) is 5.10 Å². The molecule has 8 heteroatoms. The molecule has 3 aliphatic rings. The van der Waals surface area contributed by atoms with E-state index in [-0.39, 0.29) is 6.04 Å². The van der Waals surface area contributed by atoms with Crippen molar-refractivity contribution >= 4 is 17.3 Å². The van der Waals surface area contributed by atoms with E-state index in [4.69, 9.17) is 19.3 Å². The number of halogens is 1. The van der Waals surface area contributed by atoms with Crippen molar-refractivity contribution in [1.82, 2.24) is 5.01 Å². The third-order valence-corrected chi connectivity index (χ3v) is 6.40. The van der Waals surface area contributed by atoms with Gasteiger partial charge in [-0.2, -0.15) is 5.10 Å². The fraction of sp³-hybridized carbons (Fsp3) is 0.200. The van der Waals surface area contributed by atoms with Crippen LogP contribution in [0.3, 0.4) is 0 Å². The number of ether oxygens (including phenoxy) is 3. The summed E-state index contributed by atoms with van der Waals surface area (Å²) in [6.45, 7) is 0. The molecule has 6 rings (SSSR count). The molecule has 0 fully saturated rings. The molecule has 2 atom stereocenters. The minimum atomic E-state index is -1.65. The number of amides is 1. The number of benzene rings is 3. The highest BCUT2D eigenvalue weighted by atomic mass is 19.1. The molecule has 3 aromatic rings. The number of hydrogen-bond donors (Lipinski definition) is 1. The summed E-state index contributed by atoms with van der Waals surface area (Å²) in [5.74, 6) is 0.810. The Kier molecular flexibility index (Phi) is 4.14. The Morgan fingerprint density at radius 1 is 1.12 bits per heavy atom. The molecular formula is C25H20FN3O4. The second kappa shape index (κ2) is 6.96. The smallest absolute Gasteiger partial charge is 0.306 e. The SMILES string of the molecule is COc1ccc(C2=NN3C(C2)c2cccc(OC)c2OC32C(=O)Nc3ccc(F)cc32)cc1. The molecule has 1 amide bonds. The third kappa shape index (κ3) is 2.67. The largest absolute Gasteiger partial charge is 0.497 e. The Labute approximate surface area is 189 Å². The number of carbonyl (C=O) groups is 1. The molecule has 3 aromatic carbocycles. The van der Waals surface area contributed by atoms with Crippen LogP contribution in [-0.4, -0.2) is 30.8 Å². The first-order chi connectivity index (χ1) is 16.0. The predicted molar refractivity (Wildman–Crippen MR) is 119 cm³/mol. The van der Waals surface area contributed by atoms with Gasteiger partial charge in [0.2, 0.25) is 0 Å². The number of fused-ring (bicyclic) bond motifs is 6. The highest BCUT2D eigenvalue weighted by Crippen LogP contribution is 2.56. The standard InChI is InChI=1S/C25H20FN3O4/c1-31-16-9-6-14(7-10-16)20-13-21-17-4-3-5-22(32-2)23(17)33-25(29(21)28-20)18-12-15(26)8-11-19(18)27-24(25)30/h3-12,21H,13H2,1-2H3,(H,27,30). The van der Waals surface area contributed by atoms with Gasteiger partial charge in [-0.15, -0.1) is 0 Å². The molecule has 7 nitrogen and oxygen atoms in total. The predicted octanol–water partition coefficient (Wildman–Crippen LogP) is 4.19. The average molecular weight is 445 g/mol. The van der Waals surface area contributed by atoms with Crippen LogP contribution in [0, 0.1) is 5.82 Å². The molecular weight excluding hydrogens is 425 g/mol. The van der Waals surface area contributed by atoms with Crippen LogP contribution in [0.5, 0.6) is 17.2 Å². The van der Waals surface area contributed by atoms with E-state index in [0.29, 0.717) is 29.2 Å². The molecule has 3 heterocycles. The van der Waals surface area contributed by atoms with Crippen LogP contribution < -0.4 is 19.5 Å². The number of nitrogens with zero attached hydrogens (tertiary/aromatic N) is 2. The van der Waals surface area contributed by atoms with Crippen molar-refractivity contribution in [2.75, 3.05) is 19.5 Å². The van der Waals surface area contributed by atoms with E-state index in [2.05, 4.69) is 5.32 Å². The highest BCUT2D eigenvalue weighted by molar-refractivity contribution is 6.07. The maximum Gasteiger partial charge on any atom is 0.306 e. The molecule has 0 aliphatic carbocycles. The van der Waals surface area contributed by atoms with Crippen LogP contribution in [0.1, 0.15) is 29.2 Å². The van der Waals surface area contributed by atoms with Crippen molar-refractivity contribution in [3.8, 4) is 17.2 Å². The molecule has 0 saturated carbocycles. The Hall–Kier alpha value is -4.07. The number of carbonyl (C=O) groups excluding carboxylic acids is 1. The van der Waals surface area contributed by atoms with Crippen molar-refractivity contribution in [1.29, 1.82) is 0 Å². The van der Waals surface area contributed by atoms with Crippen LogP contribution in [-0.2, 0) is 10.5 Å². The normalized spacial score (nSPS) is 22.2. The summed E-state index contributed by atoms with van der Waals surface area (Å²) in [7, 11) is 3.16. The molecule has 3 aliphatic heterocycles. The monoisotopic (exact) mass is 445 g/mol. The van der Waals surface area contributed by atoms with Gasteiger partial charge in [0, 0.05) is 12.0 Å². The molecule has 33 heavy (non-hydrogen) atoms. The molecule has 1 spiro atoms. The number of rotatable bonds is 3. The van der Waals surface area contributed by atoms with Gasteiger partial charge in [0.1, 0.15) is 11.6 Å². The number of hydrogen-bond acceptors (Lipinski definition) is 6. The number of methoxy groups -OCH3 is 2. The fourth-order valence-corrected chi connectivity index (χ4v) is 4.82. The molecule has 166 valence electrons. The van der Waals surface area contributed by atoms with Gasteiger partial charge in [-0.1, -0.05) is 12.1 Å². The van der Waals surface area contributed by atoms with Crippen LogP contribution in [0.15, 0.2) is 65.8 Å². The molecule has 0 saturated heterocycles. The van der Waals surface area contributed by atoms with Gasteiger partial charge in [-0.3, -0.25) is 4.79 Å². The van der Waals surface area contributed by atoms with Gasteiger partial charge in [0.25, 0.3) is 5.91 Å². The number of para-hydroxylation sites is 1. The molecule has 0 bridgehead atoms. The van der Waals surface area contributed by atoms with Crippen molar-refractivity contribution < 1.29 is 23.4 Å². The lowest BCUT2D eigenvalue weighted by atomic mass is 9.92. The van der Waals surface area contributed by atoms with Gasteiger partial charge < -0.3 is 19.5 Å². The van der Waals surface area contributed by atoms with Crippen molar-refractivity contribution in [2.45, 2.75) is 18.2 Å². The first-order valence-electron chi connectivity index (χ1n) is 10.5. The Morgan fingerprint density at radius 3 is 2.70 bits per heavy atom. The lowest BCUT2D eigenvalue weighted by Gasteiger charge is -2.44.